The highest BCUT2D eigenvalue weighted by Crippen LogP contribution is 2.27. The molecule has 0 bridgehead atoms. The molecule has 0 aliphatic rings. The molecule has 0 saturated heterocycles. The van der Waals surface area contributed by atoms with Gasteiger partial charge in [0.2, 0.25) is 0 Å². The Balaban J connectivity index is 0.000000197. The largest absolute Gasteiger partial charge is 0.383 e. The van der Waals surface area contributed by atoms with Gasteiger partial charge in [0.15, 0.2) is 0 Å². The van der Waals surface area contributed by atoms with Crippen LogP contribution in [0.2, 0.25) is 0 Å². The molecule has 0 aliphatic carbocycles. The third-order valence-electron chi connectivity index (χ3n) is 5.94. The minimum absolute atomic E-state index is 0.545. The summed E-state index contributed by atoms with van der Waals surface area (Å²) in [6, 6.07) is 16.8. The monoisotopic (exact) mass is 517 g/mol. The third kappa shape index (κ3) is 8.14. The molecule has 5 aromatic rings. The predicted octanol–water partition coefficient (Wildman–Crippen LogP) is 8.48. The van der Waals surface area contributed by atoms with E-state index in [2.05, 4.69) is 93.1 Å². The van der Waals surface area contributed by atoms with Crippen LogP contribution in [0.3, 0.4) is 0 Å². The van der Waals surface area contributed by atoms with Gasteiger partial charge in [0.25, 0.3) is 0 Å². The van der Waals surface area contributed by atoms with Crippen molar-refractivity contribution in [1.29, 1.82) is 0 Å². The van der Waals surface area contributed by atoms with Crippen LogP contribution in [0.25, 0.3) is 21.7 Å². The zero-order valence-corrected chi connectivity index (χ0v) is 24.4. The Hall–Kier alpha value is -3.22. The van der Waals surface area contributed by atoms with Gasteiger partial charge in [-0.2, -0.15) is 5.10 Å². The molecule has 0 atom stereocenters. The molecule has 3 aromatic heterocycles. The molecule has 0 amide bonds. The molecular formula is C31H43N5S. The van der Waals surface area contributed by atoms with Gasteiger partial charge in [-0.25, -0.2) is 4.98 Å². The number of nitrogens with zero attached hydrogens (tertiary/aromatic N) is 2. The lowest BCUT2D eigenvalue weighted by molar-refractivity contribution is 0.859. The second-order valence-corrected chi connectivity index (χ2v) is 10.7. The van der Waals surface area contributed by atoms with Gasteiger partial charge in [-0.15, -0.1) is 11.3 Å². The molecule has 5 nitrogen and oxygen atoms in total. The summed E-state index contributed by atoms with van der Waals surface area (Å²) >= 11 is 1.76. The number of anilines is 1. The Morgan fingerprint density at radius 3 is 2.16 bits per heavy atom. The highest BCUT2D eigenvalue weighted by atomic mass is 32.1. The van der Waals surface area contributed by atoms with Crippen molar-refractivity contribution in [3.63, 3.8) is 0 Å². The van der Waals surface area contributed by atoms with Gasteiger partial charge >= 0.3 is 0 Å². The van der Waals surface area contributed by atoms with Crippen molar-refractivity contribution in [3.05, 3.63) is 87.4 Å². The molecule has 5 rings (SSSR count). The number of nitrogen functional groups attached to an aromatic ring is 1. The molecule has 198 valence electrons. The number of aryl methyl sites for hydroxylation is 2. The molecule has 6 heteroatoms. The third-order valence-corrected chi connectivity index (χ3v) is 6.96. The molecule has 37 heavy (non-hydrogen) atoms. The van der Waals surface area contributed by atoms with Crippen LogP contribution in [0.4, 0.5) is 5.82 Å². The fraction of sp³-hybridized carbons (Fsp3) is 0.355. The lowest BCUT2D eigenvalue weighted by Crippen LogP contribution is -1.95. The van der Waals surface area contributed by atoms with E-state index >= 15 is 0 Å². The first-order valence-corrected chi connectivity index (χ1v) is 13.8. The Bertz CT molecular complexity index is 1380. The molecule has 0 spiro atoms. The highest BCUT2D eigenvalue weighted by Gasteiger charge is 2.07. The SMILES string of the molecule is CC.CC(C)c1cccc2[nH]ncc12.Cc1cc2c(N)nccc2cc1C(C)C.Cc1ccc(CN)s1. The number of hydrogen-bond acceptors (Lipinski definition) is 5. The standard InChI is InChI=1S/C13H16N2.C10H12N2.C6H9NS.C2H6/c1-8(2)11-7-10-4-5-15-13(14)12(10)6-9(11)3;1-7(2)8-4-3-5-10-9(8)6-11-12-10;1-5-2-3-6(4-7)8-5;1-2/h4-8H,1-3H3,(H2,14,15);3-7H,1-2H3,(H,11,12);2-3H,4,7H2,1H3;1-2H3. The summed E-state index contributed by atoms with van der Waals surface area (Å²) in [5.41, 5.74) is 16.4. The lowest BCUT2D eigenvalue weighted by atomic mass is 9.95. The zero-order valence-electron chi connectivity index (χ0n) is 23.6. The van der Waals surface area contributed by atoms with E-state index in [-0.39, 0.29) is 0 Å². The molecule has 0 radical (unpaired) electrons. The van der Waals surface area contributed by atoms with Crippen molar-refractivity contribution in [3.8, 4) is 0 Å². The number of nitrogens with one attached hydrogen (secondary N) is 1. The quantitative estimate of drug-likeness (QED) is 0.224. The summed E-state index contributed by atoms with van der Waals surface area (Å²) < 4.78 is 0. The van der Waals surface area contributed by atoms with Crippen molar-refractivity contribution in [1.82, 2.24) is 15.2 Å². The first-order chi connectivity index (χ1) is 17.7. The Kier molecular flexibility index (Phi) is 11.8. The Morgan fingerprint density at radius 2 is 1.59 bits per heavy atom. The van der Waals surface area contributed by atoms with Crippen LogP contribution >= 0.6 is 11.3 Å². The number of nitrogens with two attached hydrogens (primary N) is 2. The summed E-state index contributed by atoms with van der Waals surface area (Å²) in [6.45, 7) is 17.7. The number of fused-ring (bicyclic) bond motifs is 2. The molecule has 0 fully saturated rings. The molecule has 0 saturated carbocycles. The average molecular weight is 518 g/mol. The summed E-state index contributed by atoms with van der Waals surface area (Å²) in [5.74, 6) is 1.72. The fourth-order valence-corrected chi connectivity index (χ4v) is 4.85. The summed E-state index contributed by atoms with van der Waals surface area (Å²) in [7, 11) is 0. The number of rotatable bonds is 3. The minimum atomic E-state index is 0.545. The van der Waals surface area contributed by atoms with E-state index in [1.807, 2.05) is 32.2 Å². The number of aromatic nitrogens is 3. The second kappa shape index (κ2) is 14.5. The van der Waals surface area contributed by atoms with E-state index in [0.717, 1.165) is 10.9 Å². The summed E-state index contributed by atoms with van der Waals surface area (Å²) in [5, 5.41) is 10.5. The number of H-pyrrole nitrogens is 1. The molecule has 5 N–H and O–H groups in total. The van der Waals surface area contributed by atoms with Gasteiger partial charge in [0, 0.05) is 33.3 Å². The molecule has 2 aromatic carbocycles. The van der Waals surface area contributed by atoms with E-state index < -0.39 is 0 Å². The topological polar surface area (TPSA) is 93.6 Å². The van der Waals surface area contributed by atoms with Gasteiger partial charge in [-0.1, -0.05) is 59.7 Å². The predicted molar refractivity (Wildman–Crippen MR) is 163 cm³/mol. The number of hydrogen-bond donors (Lipinski definition) is 3. The van der Waals surface area contributed by atoms with E-state index in [9.17, 15) is 0 Å². The molecular weight excluding hydrogens is 474 g/mol. The van der Waals surface area contributed by atoms with Crippen LogP contribution in [0.1, 0.15) is 79.8 Å². The van der Waals surface area contributed by atoms with Crippen LogP contribution in [0.5, 0.6) is 0 Å². The van der Waals surface area contributed by atoms with E-state index in [1.54, 1.807) is 17.5 Å². The maximum absolute atomic E-state index is 5.84. The van der Waals surface area contributed by atoms with Crippen molar-refractivity contribution < 1.29 is 0 Å². The van der Waals surface area contributed by atoms with Gasteiger partial charge < -0.3 is 11.5 Å². The van der Waals surface area contributed by atoms with Gasteiger partial charge in [-0.3, -0.25) is 5.10 Å². The number of thiophene rings is 1. The van der Waals surface area contributed by atoms with Crippen LogP contribution in [-0.2, 0) is 6.54 Å². The Morgan fingerprint density at radius 1 is 0.892 bits per heavy atom. The highest BCUT2D eigenvalue weighted by molar-refractivity contribution is 7.11. The van der Waals surface area contributed by atoms with Crippen molar-refractivity contribution in [2.45, 2.75) is 73.8 Å². The van der Waals surface area contributed by atoms with Crippen LogP contribution in [-0.4, -0.2) is 15.2 Å². The van der Waals surface area contributed by atoms with Crippen molar-refractivity contribution in [2.24, 2.45) is 5.73 Å². The van der Waals surface area contributed by atoms with Crippen molar-refractivity contribution in [2.75, 3.05) is 5.73 Å². The molecule has 0 unspecified atom stereocenters. The van der Waals surface area contributed by atoms with Crippen LogP contribution in [0, 0.1) is 13.8 Å². The zero-order chi connectivity index (χ0) is 27.5. The molecule has 0 aliphatic heterocycles. The summed E-state index contributed by atoms with van der Waals surface area (Å²) in [6.07, 6.45) is 3.65. The molecule has 3 heterocycles. The second-order valence-electron chi connectivity index (χ2n) is 9.33. The first-order valence-electron chi connectivity index (χ1n) is 13.0. The normalized spacial score (nSPS) is 10.5. The smallest absolute Gasteiger partial charge is 0.131 e. The van der Waals surface area contributed by atoms with Crippen molar-refractivity contribution >= 4 is 38.8 Å². The van der Waals surface area contributed by atoms with Gasteiger partial charge in [-0.05, 0) is 78.1 Å². The Labute approximate surface area is 226 Å². The summed E-state index contributed by atoms with van der Waals surface area (Å²) in [4.78, 5) is 6.71. The number of benzene rings is 2. The van der Waals surface area contributed by atoms with Gasteiger partial charge in [0.1, 0.15) is 5.82 Å². The average Bonchev–Trinajstić information content (AvgIpc) is 3.54. The van der Waals surface area contributed by atoms with E-state index in [4.69, 9.17) is 11.5 Å². The lowest BCUT2D eigenvalue weighted by Gasteiger charge is -2.11. The number of pyridine rings is 1. The first kappa shape index (κ1) is 30.0. The fourth-order valence-electron chi connectivity index (χ4n) is 4.08. The number of aromatic amines is 1. The van der Waals surface area contributed by atoms with Gasteiger partial charge in [0.05, 0.1) is 11.7 Å². The van der Waals surface area contributed by atoms with E-state index in [1.165, 1.54) is 37.2 Å². The van der Waals surface area contributed by atoms with E-state index in [0.29, 0.717) is 24.2 Å². The van der Waals surface area contributed by atoms with Crippen LogP contribution in [0.15, 0.2) is 60.9 Å². The minimum Gasteiger partial charge on any atom is -0.383 e. The van der Waals surface area contributed by atoms with Crippen LogP contribution < -0.4 is 11.5 Å². The maximum Gasteiger partial charge on any atom is 0.131 e. The maximum atomic E-state index is 5.84.